The van der Waals surface area contributed by atoms with E-state index >= 15 is 0 Å². The number of guanidine groups is 1. The predicted molar refractivity (Wildman–Crippen MR) is 107 cm³/mol. The SMILES string of the molecule is I.NC(=NCc1ccnc(Oc2ccc(F)cc2)c1)N1CCCCC1. The Balaban J connectivity index is 0.00000225. The minimum atomic E-state index is -0.299. The minimum absolute atomic E-state index is 0. The smallest absolute Gasteiger partial charge is 0.219 e. The molecule has 0 aliphatic carbocycles. The summed E-state index contributed by atoms with van der Waals surface area (Å²) in [5.41, 5.74) is 7.03. The number of likely N-dealkylation sites (tertiary alicyclic amines) is 1. The number of halogens is 2. The molecule has 2 aromatic rings. The highest BCUT2D eigenvalue weighted by Gasteiger charge is 2.11. The molecule has 1 aliphatic heterocycles. The van der Waals surface area contributed by atoms with Crippen molar-refractivity contribution in [2.75, 3.05) is 13.1 Å². The number of aromatic nitrogens is 1. The van der Waals surface area contributed by atoms with Crippen LogP contribution < -0.4 is 10.5 Å². The molecule has 25 heavy (non-hydrogen) atoms. The van der Waals surface area contributed by atoms with E-state index in [-0.39, 0.29) is 29.8 Å². The Kier molecular flexibility index (Phi) is 7.42. The number of nitrogens with two attached hydrogens (primary N) is 1. The van der Waals surface area contributed by atoms with Gasteiger partial charge in [-0.15, -0.1) is 24.0 Å². The van der Waals surface area contributed by atoms with Gasteiger partial charge in [-0.25, -0.2) is 14.4 Å². The molecule has 134 valence electrons. The molecule has 3 rings (SSSR count). The molecule has 0 unspecified atom stereocenters. The van der Waals surface area contributed by atoms with Crippen molar-refractivity contribution >= 4 is 29.9 Å². The molecule has 0 atom stereocenters. The van der Waals surface area contributed by atoms with Gasteiger partial charge in [-0.2, -0.15) is 0 Å². The molecule has 1 aromatic heterocycles. The predicted octanol–water partition coefficient (Wildman–Crippen LogP) is 3.93. The quantitative estimate of drug-likeness (QED) is 0.430. The first-order valence-electron chi connectivity index (χ1n) is 8.14. The third-order valence-electron chi connectivity index (χ3n) is 3.94. The van der Waals surface area contributed by atoms with Crippen molar-refractivity contribution < 1.29 is 9.13 Å². The molecule has 0 bridgehead atoms. The first-order valence-corrected chi connectivity index (χ1v) is 8.14. The van der Waals surface area contributed by atoms with Crippen LogP contribution in [0.25, 0.3) is 0 Å². The maximum absolute atomic E-state index is 12.9. The fourth-order valence-electron chi connectivity index (χ4n) is 2.62. The molecule has 0 radical (unpaired) electrons. The second-order valence-corrected chi connectivity index (χ2v) is 5.78. The van der Waals surface area contributed by atoms with Crippen molar-refractivity contribution in [1.29, 1.82) is 0 Å². The van der Waals surface area contributed by atoms with Crippen LogP contribution in [0.5, 0.6) is 11.6 Å². The number of benzene rings is 1. The van der Waals surface area contributed by atoms with Crippen LogP contribution in [0.3, 0.4) is 0 Å². The van der Waals surface area contributed by atoms with E-state index in [1.807, 2.05) is 12.1 Å². The maximum atomic E-state index is 12.9. The largest absolute Gasteiger partial charge is 0.439 e. The van der Waals surface area contributed by atoms with Crippen molar-refractivity contribution in [1.82, 2.24) is 9.88 Å². The zero-order valence-corrected chi connectivity index (χ0v) is 16.2. The molecular weight excluding hydrogens is 434 g/mol. The van der Waals surface area contributed by atoms with Gasteiger partial charge in [0, 0.05) is 25.4 Å². The molecule has 1 aromatic carbocycles. The van der Waals surface area contributed by atoms with E-state index in [1.165, 1.54) is 31.4 Å². The summed E-state index contributed by atoms with van der Waals surface area (Å²) in [4.78, 5) is 10.8. The highest BCUT2D eigenvalue weighted by molar-refractivity contribution is 14.0. The number of ether oxygens (including phenoxy) is 1. The maximum Gasteiger partial charge on any atom is 0.219 e. The van der Waals surface area contributed by atoms with E-state index < -0.39 is 0 Å². The number of hydrogen-bond acceptors (Lipinski definition) is 3. The van der Waals surface area contributed by atoms with Gasteiger partial charge in [0.2, 0.25) is 5.88 Å². The van der Waals surface area contributed by atoms with Crippen LogP contribution in [-0.2, 0) is 6.54 Å². The Morgan fingerprint density at radius 2 is 1.88 bits per heavy atom. The van der Waals surface area contributed by atoms with Gasteiger partial charge in [0.15, 0.2) is 5.96 Å². The zero-order chi connectivity index (χ0) is 16.8. The van der Waals surface area contributed by atoms with Gasteiger partial charge in [-0.1, -0.05) is 0 Å². The average Bonchev–Trinajstić information content (AvgIpc) is 2.63. The van der Waals surface area contributed by atoms with Crippen molar-refractivity contribution in [3.63, 3.8) is 0 Å². The fourth-order valence-corrected chi connectivity index (χ4v) is 2.62. The molecule has 2 N–H and O–H groups in total. The van der Waals surface area contributed by atoms with Crippen molar-refractivity contribution in [3.8, 4) is 11.6 Å². The molecule has 0 amide bonds. The van der Waals surface area contributed by atoms with Crippen LogP contribution in [0.15, 0.2) is 47.6 Å². The number of nitrogens with zero attached hydrogens (tertiary/aromatic N) is 3. The van der Waals surface area contributed by atoms with Crippen molar-refractivity contribution in [3.05, 3.63) is 54.0 Å². The summed E-state index contributed by atoms with van der Waals surface area (Å²) < 4.78 is 18.5. The average molecular weight is 456 g/mol. The summed E-state index contributed by atoms with van der Waals surface area (Å²) in [6.07, 6.45) is 5.27. The normalized spacial score (nSPS) is 14.8. The molecule has 0 saturated carbocycles. The Morgan fingerprint density at radius 3 is 2.60 bits per heavy atom. The molecular formula is C18H22FIN4O. The topological polar surface area (TPSA) is 63.7 Å². The van der Waals surface area contributed by atoms with Crippen molar-refractivity contribution in [2.45, 2.75) is 25.8 Å². The Morgan fingerprint density at radius 1 is 1.16 bits per heavy atom. The van der Waals surface area contributed by atoms with E-state index in [0.29, 0.717) is 24.1 Å². The van der Waals surface area contributed by atoms with Crippen LogP contribution in [0.4, 0.5) is 4.39 Å². The third-order valence-corrected chi connectivity index (χ3v) is 3.94. The number of aliphatic imine (C=N–C) groups is 1. The van der Waals surface area contributed by atoms with E-state index in [4.69, 9.17) is 10.5 Å². The van der Waals surface area contributed by atoms with Gasteiger partial charge in [0.25, 0.3) is 0 Å². The molecule has 5 nitrogen and oxygen atoms in total. The highest BCUT2D eigenvalue weighted by atomic mass is 127. The van der Waals surface area contributed by atoms with Gasteiger partial charge in [-0.05, 0) is 55.2 Å². The van der Waals surface area contributed by atoms with Gasteiger partial charge in [-0.3, -0.25) is 0 Å². The highest BCUT2D eigenvalue weighted by Crippen LogP contribution is 2.20. The molecule has 2 heterocycles. The number of hydrogen-bond donors (Lipinski definition) is 1. The Labute approximate surface area is 164 Å². The second-order valence-electron chi connectivity index (χ2n) is 5.78. The first kappa shape index (κ1) is 19.4. The van der Waals surface area contributed by atoms with Crippen LogP contribution >= 0.6 is 24.0 Å². The number of pyridine rings is 1. The summed E-state index contributed by atoms with van der Waals surface area (Å²) in [6.45, 7) is 2.43. The summed E-state index contributed by atoms with van der Waals surface area (Å²) in [5, 5.41) is 0. The van der Waals surface area contributed by atoms with Crippen molar-refractivity contribution in [2.24, 2.45) is 10.7 Å². The van der Waals surface area contributed by atoms with E-state index in [2.05, 4.69) is 14.9 Å². The van der Waals surface area contributed by atoms with Crippen LogP contribution in [-0.4, -0.2) is 28.9 Å². The molecule has 1 aliphatic rings. The van der Waals surface area contributed by atoms with Gasteiger partial charge in [0.1, 0.15) is 11.6 Å². The number of rotatable bonds is 4. The van der Waals surface area contributed by atoms with Gasteiger partial charge < -0.3 is 15.4 Å². The fraction of sp³-hybridized carbons (Fsp3) is 0.333. The lowest BCUT2D eigenvalue weighted by molar-refractivity contribution is 0.338. The Bertz CT molecular complexity index is 702. The minimum Gasteiger partial charge on any atom is -0.439 e. The van der Waals surface area contributed by atoms with Crippen LogP contribution in [0.1, 0.15) is 24.8 Å². The van der Waals surface area contributed by atoms with E-state index in [1.54, 1.807) is 18.3 Å². The summed E-state index contributed by atoms with van der Waals surface area (Å²) in [5.74, 6) is 1.28. The molecule has 7 heteroatoms. The lowest BCUT2D eigenvalue weighted by Gasteiger charge is -2.27. The van der Waals surface area contributed by atoms with Crippen LogP contribution in [0, 0.1) is 5.82 Å². The Hall–Kier alpha value is -1.90. The number of piperidine rings is 1. The molecule has 1 saturated heterocycles. The summed E-state index contributed by atoms with van der Waals surface area (Å²) >= 11 is 0. The lowest BCUT2D eigenvalue weighted by Crippen LogP contribution is -2.40. The van der Waals surface area contributed by atoms with E-state index in [9.17, 15) is 4.39 Å². The summed E-state index contributed by atoms with van der Waals surface area (Å²) in [6, 6.07) is 9.53. The summed E-state index contributed by atoms with van der Waals surface area (Å²) in [7, 11) is 0. The monoisotopic (exact) mass is 456 g/mol. The van der Waals surface area contributed by atoms with Gasteiger partial charge >= 0.3 is 0 Å². The second kappa shape index (κ2) is 9.55. The van der Waals surface area contributed by atoms with Crippen LogP contribution in [0.2, 0.25) is 0 Å². The molecule has 0 spiro atoms. The third kappa shape index (κ3) is 5.84. The first-order chi connectivity index (χ1) is 11.7. The molecule has 1 fully saturated rings. The van der Waals surface area contributed by atoms with Gasteiger partial charge in [0.05, 0.1) is 6.54 Å². The lowest BCUT2D eigenvalue weighted by atomic mass is 10.1. The standard InChI is InChI=1S/C18H21FN4O.HI/c19-15-4-6-16(7-5-15)24-17-12-14(8-9-21-17)13-22-18(20)23-10-2-1-3-11-23;/h4-9,12H,1-3,10-11,13H2,(H2,20,22);1H. The zero-order valence-electron chi connectivity index (χ0n) is 13.9. The van der Waals surface area contributed by atoms with E-state index in [0.717, 1.165) is 18.7 Å².